The molecule has 2 aromatic heterocycles. The van der Waals surface area contributed by atoms with E-state index in [0.29, 0.717) is 5.92 Å². The van der Waals surface area contributed by atoms with Gasteiger partial charge in [0.2, 0.25) is 0 Å². The molecule has 24 heavy (non-hydrogen) atoms. The minimum Gasteiger partial charge on any atom is -0.390 e. The molecule has 7 heteroatoms. The lowest BCUT2D eigenvalue weighted by Crippen LogP contribution is -2.32. The monoisotopic (exact) mass is 329 g/mol. The van der Waals surface area contributed by atoms with Crippen LogP contribution in [-0.2, 0) is 30.9 Å². The van der Waals surface area contributed by atoms with Gasteiger partial charge in [-0.25, -0.2) is 9.97 Å². The maximum atomic E-state index is 9.61. The zero-order chi connectivity index (χ0) is 16.5. The number of hydrogen-bond donors (Lipinski definition) is 1. The van der Waals surface area contributed by atoms with Crippen LogP contribution in [0.3, 0.4) is 0 Å². The highest BCUT2D eigenvalue weighted by Gasteiger charge is 2.26. The number of nitrogens with zero attached hydrogens (tertiary/aromatic N) is 5. The number of aryl methyl sites for hydroxylation is 1. The summed E-state index contributed by atoms with van der Waals surface area (Å²) in [5.41, 5.74) is 4.25. The van der Waals surface area contributed by atoms with Crippen molar-refractivity contribution in [2.75, 3.05) is 24.7 Å². The Kier molecular flexibility index (Phi) is 4.20. The van der Waals surface area contributed by atoms with Gasteiger partial charge in [0.15, 0.2) is 0 Å². The van der Waals surface area contributed by atoms with Gasteiger partial charge < -0.3 is 14.7 Å². The normalized spacial score (nSPS) is 20.4. The fourth-order valence-corrected chi connectivity index (χ4v) is 3.67. The number of anilines is 1. The molecule has 2 aromatic rings. The number of aliphatic hydroxyl groups is 1. The zero-order valence-electron chi connectivity index (χ0n) is 14.0. The topological polar surface area (TPSA) is 76.3 Å². The summed E-state index contributed by atoms with van der Waals surface area (Å²) in [6.07, 6.45) is 3.60. The molecule has 0 saturated carbocycles. The first-order valence-electron chi connectivity index (χ1n) is 8.63. The van der Waals surface area contributed by atoms with Crippen LogP contribution >= 0.6 is 0 Å². The van der Waals surface area contributed by atoms with Crippen molar-refractivity contribution in [3.63, 3.8) is 0 Å². The largest absolute Gasteiger partial charge is 0.390 e. The maximum Gasteiger partial charge on any atom is 0.132 e. The fraction of sp³-hybridized carbons (Fsp3) is 0.588. The van der Waals surface area contributed by atoms with Crippen molar-refractivity contribution in [2.24, 2.45) is 0 Å². The second-order valence-corrected chi connectivity index (χ2v) is 6.38. The molecule has 0 amide bonds. The minimum absolute atomic E-state index is 0.0163. The molecule has 1 atom stereocenters. The number of aromatic nitrogens is 4. The van der Waals surface area contributed by atoms with E-state index in [1.165, 1.54) is 5.69 Å². The van der Waals surface area contributed by atoms with Crippen molar-refractivity contribution in [2.45, 2.75) is 45.4 Å². The summed E-state index contributed by atoms with van der Waals surface area (Å²) in [5.74, 6) is 1.33. The first-order chi connectivity index (χ1) is 11.8. The lowest BCUT2D eigenvalue weighted by Gasteiger charge is -2.29. The average Bonchev–Trinajstić information content (AvgIpc) is 3.29. The van der Waals surface area contributed by atoms with Crippen LogP contribution in [0.25, 0.3) is 0 Å². The molecular formula is C17H23N5O2. The van der Waals surface area contributed by atoms with E-state index in [4.69, 9.17) is 4.74 Å². The van der Waals surface area contributed by atoms with Gasteiger partial charge in [0.25, 0.3) is 0 Å². The van der Waals surface area contributed by atoms with Gasteiger partial charge in [0, 0.05) is 55.9 Å². The molecule has 7 nitrogen and oxygen atoms in total. The predicted octanol–water partition coefficient (Wildman–Crippen LogP) is 1.25. The van der Waals surface area contributed by atoms with E-state index in [1.807, 2.05) is 4.68 Å². The highest BCUT2D eigenvalue weighted by molar-refractivity contribution is 5.45. The standard InChI is InChI=1S/C17H23N5O2/c1-2-22-16-3-5-21(8-13(16)15(9-23)20-22)17-7-14(18-11-19-17)12-4-6-24-10-12/h7,11-12,23H,2-6,8-10H2,1H3/t12-/m0/s1. The molecule has 0 unspecified atom stereocenters. The molecule has 2 aliphatic heterocycles. The SMILES string of the molecule is CCn1nc(CO)c2c1CCN(c1cc([C@H]3CCOC3)ncn1)C2. The van der Waals surface area contributed by atoms with Crippen LogP contribution in [0.5, 0.6) is 0 Å². The van der Waals surface area contributed by atoms with E-state index >= 15 is 0 Å². The van der Waals surface area contributed by atoms with Crippen LogP contribution in [0.2, 0.25) is 0 Å². The van der Waals surface area contributed by atoms with Crippen LogP contribution in [0.4, 0.5) is 5.82 Å². The second-order valence-electron chi connectivity index (χ2n) is 6.38. The van der Waals surface area contributed by atoms with Crippen LogP contribution in [0.15, 0.2) is 12.4 Å². The summed E-state index contributed by atoms with van der Waals surface area (Å²) in [6.45, 7) is 6.11. The minimum atomic E-state index is -0.0163. The van der Waals surface area contributed by atoms with Crippen molar-refractivity contribution >= 4 is 5.82 Å². The van der Waals surface area contributed by atoms with E-state index in [1.54, 1.807) is 6.33 Å². The number of fused-ring (bicyclic) bond motifs is 1. The van der Waals surface area contributed by atoms with Crippen molar-refractivity contribution in [1.82, 2.24) is 19.7 Å². The second kappa shape index (κ2) is 6.49. The van der Waals surface area contributed by atoms with Crippen molar-refractivity contribution in [3.8, 4) is 0 Å². The first-order valence-corrected chi connectivity index (χ1v) is 8.63. The molecule has 0 bridgehead atoms. The molecule has 4 rings (SSSR count). The van der Waals surface area contributed by atoms with Crippen molar-refractivity contribution in [3.05, 3.63) is 35.0 Å². The van der Waals surface area contributed by atoms with Gasteiger partial charge >= 0.3 is 0 Å². The summed E-state index contributed by atoms with van der Waals surface area (Å²) in [7, 11) is 0. The Morgan fingerprint density at radius 3 is 3.04 bits per heavy atom. The highest BCUT2D eigenvalue weighted by Crippen LogP contribution is 2.29. The Morgan fingerprint density at radius 1 is 1.38 bits per heavy atom. The molecule has 2 aliphatic rings. The predicted molar refractivity (Wildman–Crippen MR) is 88.8 cm³/mol. The molecule has 0 aromatic carbocycles. The van der Waals surface area contributed by atoms with Crippen LogP contribution in [0, 0.1) is 0 Å². The van der Waals surface area contributed by atoms with Gasteiger partial charge in [0.1, 0.15) is 12.1 Å². The van der Waals surface area contributed by atoms with E-state index in [-0.39, 0.29) is 6.61 Å². The number of hydrogen-bond acceptors (Lipinski definition) is 6. The van der Waals surface area contributed by atoms with E-state index in [0.717, 1.165) is 68.5 Å². The van der Waals surface area contributed by atoms with Crippen LogP contribution in [0.1, 0.15) is 41.9 Å². The van der Waals surface area contributed by atoms with Gasteiger partial charge in [0.05, 0.1) is 24.6 Å². The Balaban J connectivity index is 1.60. The molecule has 4 heterocycles. The number of rotatable bonds is 4. The van der Waals surface area contributed by atoms with E-state index in [9.17, 15) is 5.11 Å². The van der Waals surface area contributed by atoms with Crippen molar-refractivity contribution in [1.29, 1.82) is 0 Å². The highest BCUT2D eigenvalue weighted by atomic mass is 16.5. The molecular weight excluding hydrogens is 306 g/mol. The molecule has 0 aliphatic carbocycles. The number of aliphatic hydroxyl groups excluding tert-OH is 1. The Labute approximate surface area is 141 Å². The molecule has 0 radical (unpaired) electrons. The summed E-state index contributed by atoms with van der Waals surface area (Å²) in [6, 6.07) is 2.09. The van der Waals surface area contributed by atoms with Gasteiger partial charge in [-0.2, -0.15) is 5.10 Å². The summed E-state index contributed by atoms with van der Waals surface area (Å²) < 4.78 is 7.49. The summed E-state index contributed by atoms with van der Waals surface area (Å²) in [4.78, 5) is 11.2. The Bertz CT molecular complexity index is 724. The molecule has 1 saturated heterocycles. The Morgan fingerprint density at radius 2 is 2.29 bits per heavy atom. The van der Waals surface area contributed by atoms with E-state index < -0.39 is 0 Å². The van der Waals surface area contributed by atoms with E-state index in [2.05, 4.69) is 33.0 Å². The maximum absolute atomic E-state index is 9.61. The van der Waals surface area contributed by atoms with Gasteiger partial charge in [-0.15, -0.1) is 0 Å². The quantitative estimate of drug-likeness (QED) is 0.910. The zero-order valence-corrected chi connectivity index (χ0v) is 14.0. The third-order valence-electron chi connectivity index (χ3n) is 5.01. The van der Waals surface area contributed by atoms with Gasteiger partial charge in [-0.05, 0) is 13.3 Å². The third kappa shape index (κ3) is 2.67. The summed E-state index contributed by atoms with van der Waals surface area (Å²) in [5, 5.41) is 14.1. The molecule has 0 spiro atoms. The number of ether oxygens (including phenoxy) is 1. The first kappa shape index (κ1) is 15.5. The summed E-state index contributed by atoms with van der Waals surface area (Å²) >= 11 is 0. The fourth-order valence-electron chi connectivity index (χ4n) is 3.67. The molecule has 1 N–H and O–H groups in total. The Hall–Kier alpha value is -1.99. The smallest absolute Gasteiger partial charge is 0.132 e. The molecule has 1 fully saturated rings. The van der Waals surface area contributed by atoms with Gasteiger partial charge in [-0.3, -0.25) is 4.68 Å². The molecule has 128 valence electrons. The van der Waals surface area contributed by atoms with Crippen molar-refractivity contribution < 1.29 is 9.84 Å². The van der Waals surface area contributed by atoms with Crippen LogP contribution < -0.4 is 4.90 Å². The average molecular weight is 329 g/mol. The third-order valence-corrected chi connectivity index (χ3v) is 5.01. The lowest BCUT2D eigenvalue weighted by atomic mass is 10.0. The van der Waals surface area contributed by atoms with Gasteiger partial charge in [-0.1, -0.05) is 0 Å². The van der Waals surface area contributed by atoms with Crippen LogP contribution in [-0.4, -0.2) is 44.6 Å². The lowest BCUT2D eigenvalue weighted by molar-refractivity contribution is 0.193.